The molecule has 0 spiro atoms. The normalized spacial score (nSPS) is 11.1. The largest absolute Gasteiger partial charge is 0.492 e. The molecule has 0 heterocycles. The summed E-state index contributed by atoms with van der Waals surface area (Å²) >= 11 is 0. The number of benzene rings is 2. The first-order chi connectivity index (χ1) is 10.3. The Morgan fingerprint density at radius 1 is 1.00 bits per heavy atom. The Morgan fingerprint density at radius 2 is 1.67 bits per heavy atom. The number of nitrogens with one attached hydrogen (secondary N) is 1. The van der Waals surface area contributed by atoms with Crippen LogP contribution in [0, 0.1) is 0 Å². The smallest absolute Gasteiger partial charge is 0.188 e. The van der Waals surface area contributed by atoms with Gasteiger partial charge in [0.05, 0.1) is 6.54 Å². The van der Waals surface area contributed by atoms with Crippen LogP contribution in [0.3, 0.4) is 0 Å². The number of guanidine groups is 1. The summed E-state index contributed by atoms with van der Waals surface area (Å²) in [5, 5.41) is 3.04. The van der Waals surface area contributed by atoms with Gasteiger partial charge in [0.15, 0.2) is 5.96 Å². The van der Waals surface area contributed by atoms with E-state index in [0.29, 0.717) is 25.7 Å². The van der Waals surface area contributed by atoms with Crippen LogP contribution in [0.4, 0.5) is 0 Å². The average Bonchev–Trinajstić information content (AvgIpc) is 2.54. The maximum atomic E-state index is 5.80. The molecule has 2 aromatic carbocycles. The summed E-state index contributed by atoms with van der Waals surface area (Å²) in [6.07, 6.45) is 0.893. The van der Waals surface area contributed by atoms with Crippen LogP contribution in [0.2, 0.25) is 0 Å². The molecule has 0 aromatic heterocycles. The van der Waals surface area contributed by atoms with E-state index in [-0.39, 0.29) is 0 Å². The van der Waals surface area contributed by atoms with Gasteiger partial charge in [-0.15, -0.1) is 0 Å². The fourth-order valence-electron chi connectivity index (χ4n) is 1.87. The third-order valence-electron chi connectivity index (χ3n) is 2.95. The van der Waals surface area contributed by atoms with Crippen LogP contribution in [0.1, 0.15) is 5.56 Å². The summed E-state index contributed by atoms with van der Waals surface area (Å²) in [6.45, 7) is 1.87. The van der Waals surface area contributed by atoms with Crippen LogP contribution in [-0.4, -0.2) is 25.7 Å². The van der Waals surface area contributed by atoms with Gasteiger partial charge in [-0.2, -0.15) is 0 Å². The summed E-state index contributed by atoms with van der Waals surface area (Å²) in [4.78, 5) is 4.29. The first-order valence-electron chi connectivity index (χ1n) is 7.10. The van der Waals surface area contributed by atoms with Gasteiger partial charge in [-0.3, -0.25) is 4.99 Å². The number of nitrogens with zero attached hydrogens (tertiary/aromatic N) is 1. The average molecular weight is 283 g/mol. The zero-order chi connectivity index (χ0) is 14.8. The van der Waals surface area contributed by atoms with Crippen LogP contribution in [0.25, 0.3) is 0 Å². The van der Waals surface area contributed by atoms with E-state index in [9.17, 15) is 0 Å². The molecule has 4 nitrogen and oxygen atoms in total. The highest BCUT2D eigenvalue weighted by molar-refractivity contribution is 5.77. The second-order valence-corrected chi connectivity index (χ2v) is 4.59. The highest BCUT2D eigenvalue weighted by Gasteiger charge is 1.94. The van der Waals surface area contributed by atoms with Crippen molar-refractivity contribution in [2.75, 3.05) is 19.7 Å². The fraction of sp³-hybridized carbons (Fsp3) is 0.235. The zero-order valence-electron chi connectivity index (χ0n) is 12.0. The van der Waals surface area contributed by atoms with Crippen molar-refractivity contribution in [1.29, 1.82) is 0 Å². The van der Waals surface area contributed by atoms with Crippen molar-refractivity contribution < 1.29 is 4.74 Å². The number of ether oxygens (including phenoxy) is 1. The van der Waals surface area contributed by atoms with Crippen LogP contribution >= 0.6 is 0 Å². The SMILES string of the molecule is NC(=NCCc1ccccc1)NCCOc1ccccc1. The lowest BCUT2D eigenvalue weighted by Crippen LogP contribution is -2.34. The minimum Gasteiger partial charge on any atom is -0.492 e. The van der Waals surface area contributed by atoms with E-state index >= 15 is 0 Å². The van der Waals surface area contributed by atoms with Crippen molar-refractivity contribution in [3.05, 3.63) is 66.2 Å². The lowest BCUT2D eigenvalue weighted by atomic mass is 10.2. The van der Waals surface area contributed by atoms with Crippen LogP contribution < -0.4 is 15.8 Å². The molecular weight excluding hydrogens is 262 g/mol. The van der Waals surface area contributed by atoms with Crippen molar-refractivity contribution in [2.24, 2.45) is 10.7 Å². The molecule has 0 unspecified atom stereocenters. The summed E-state index contributed by atoms with van der Waals surface area (Å²) in [5.74, 6) is 1.32. The Hall–Kier alpha value is -2.49. The second kappa shape index (κ2) is 8.64. The van der Waals surface area contributed by atoms with Gasteiger partial charge in [0.25, 0.3) is 0 Å². The fourth-order valence-corrected chi connectivity index (χ4v) is 1.87. The Bertz CT molecular complexity index is 540. The summed E-state index contributed by atoms with van der Waals surface area (Å²) in [6, 6.07) is 20.0. The van der Waals surface area contributed by atoms with Gasteiger partial charge >= 0.3 is 0 Å². The molecule has 0 aliphatic heterocycles. The number of aliphatic imine (C=N–C) groups is 1. The molecule has 21 heavy (non-hydrogen) atoms. The van der Waals surface area contributed by atoms with Crippen LogP contribution in [0.15, 0.2) is 65.7 Å². The van der Waals surface area contributed by atoms with Gasteiger partial charge in [0, 0.05) is 6.54 Å². The van der Waals surface area contributed by atoms with E-state index in [1.54, 1.807) is 0 Å². The van der Waals surface area contributed by atoms with Crippen molar-refractivity contribution >= 4 is 5.96 Å². The highest BCUT2D eigenvalue weighted by Crippen LogP contribution is 2.07. The molecule has 0 radical (unpaired) electrons. The van der Waals surface area contributed by atoms with E-state index in [1.165, 1.54) is 5.56 Å². The Morgan fingerprint density at radius 3 is 2.38 bits per heavy atom. The quantitative estimate of drug-likeness (QED) is 0.465. The van der Waals surface area contributed by atoms with Gasteiger partial charge in [-0.1, -0.05) is 48.5 Å². The first kappa shape index (κ1) is 14.9. The zero-order valence-corrected chi connectivity index (χ0v) is 12.0. The van der Waals surface area contributed by atoms with E-state index in [1.807, 2.05) is 48.5 Å². The summed E-state index contributed by atoms with van der Waals surface area (Å²) < 4.78 is 5.56. The predicted octanol–water partition coefficient (Wildman–Crippen LogP) is 2.21. The molecule has 2 aromatic rings. The predicted molar refractivity (Wildman–Crippen MR) is 86.6 cm³/mol. The maximum Gasteiger partial charge on any atom is 0.188 e. The molecule has 0 bridgehead atoms. The topological polar surface area (TPSA) is 59.6 Å². The summed E-state index contributed by atoms with van der Waals surface area (Å²) in [7, 11) is 0. The van der Waals surface area contributed by atoms with Crippen molar-refractivity contribution in [2.45, 2.75) is 6.42 Å². The third kappa shape index (κ3) is 5.99. The molecule has 3 N–H and O–H groups in total. The van der Waals surface area contributed by atoms with Gasteiger partial charge in [0.1, 0.15) is 12.4 Å². The maximum absolute atomic E-state index is 5.80. The van der Waals surface area contributed by atoms with E-state index in [0.717, 1.165) is 12.2 Å². The second-order valence-electron chi connectivity index (χ2n) is 4.59. The van der Waals surface area contributed by atoms with Gasteiger partial charge in [0.2, 0.25) is 0 Å². The number of rotatable bonds is 7. The minimum absolute atomic E-state index is 0.461. The Balaban J connectivity index is 1.60. The molecular formula is C17H21N3O. The highest BCUT2D eigenvalue weighted by atomic mass is 16.5. The van der Waals surface area contributed by atoms with Gasteiger partial charge in [-0.05, 0) is 24.1 Å². The molecule has 0 fully saturated rings. The molecule has 0 atom stereocenters. The molecule has 110 valence electrons. The monoisotopic (exact) mass is 283 g/mol. The van der Waals surface area contributed by atoms with Crippen molar-refractivity contribution in [3.63, 3.8) is 0 Å². The van der Waals surface area contributed by atoms with Crippen LogP contribution in [-0.2, 0) is 6.42 Å². The molecule has 2 rings (SSSR count). The van der Waals surface area contributed by atoms with E-state index in [2.05, 4.69) is 22.4 Å². The van der Waals surface area contributed by atoms with E-state index in [4.69, 9.17) is 10.5 Å². The number of hydrogen-bond acceptors (Lipinski definition) is 2. The molecule has 0 amide bonds. The number of hydrogen-bond donors (Lipinski definition) is 2. The minimum atomic E-state index is 0.461. The summed E-state index contributed by atoms with van der Waals surface area (Å²) in [5.41, 5.74) is 7.07. The lowest BCUT2D eigenvalue weighted by molar-refractivity contribution is 0.322. The van der Waals surface area contributed by atoms with Crippen molar-refractivity contribution in [3.8, 4) is 5.75 Å². The van der Waals surface area contributed by atoms with Crippen molar-refractivity contribution in [1.82, 2.24) is 5.32 Å². The third-order valence-corrected chi connectivity index (χ3v) is 2.95. The molecule has 0 saturated heterocycles. The lowest BCUT2D eigenvalue weighted by Gasteiger charge is -2.08. The first-order valence-corrected chi connectivity index (χ1v) is 7.10. The molecule has 0 aliphatic carbocycles. The Labute approximate surface area is 125 Å². The Kier molecular flexibility index (Phi) is 6.13. The van der Waals surface area contributed by atoms with Gasteiger partial charge < -0.3 is 15.8 Å². The van der Waals surface area contributed by atoms with Gasteiger partial charge in [-0.25, -0.2) is 0 Å². The van der Waals surface area contributed by atoms with E-state index < -0.39 is 0 Å². The number of nitrogens with two attached hydrogens (primary N) is 1. The molecule has 4 heteroatoms. The molecule has 0 saturated carbocycles. The number of para-hydroxylation sites is 1. The van der Waals surface area contributed by atoms with Crippen LogP contribution in [0.5, 0.6) is 5.75 Å². The molecule has 0 aliphatic rings. The standard InChI is InChI=1S/C17H21N3O/c18-17(19-12-11-15-7-3-1-4-8-15)20-13-14-21-16-9-5-2-6-10-16/h1-10H,11-14H2,(H3,18,19,20).